The fraction of sp³-hybridized carbons (Fsp3) is 0.667. The third-order valence-electron chi connectivity index (χ3n) is 3.67. The fourth-order valence-corrected chi connectivity index (χ4v) is 2.41. The standard InChI is InChI=1S/C18H32N2O/c1-7-10-20(15(4)5)13-17-11-16(12-19-14(2)3)8-9-18(17)21-6/h8-9,11,14-15,19H,7,10,12-13H2,1-6H3. The molecular formula is C18H32N2O. The maximum Gasteiger partial charge on any atom is 0.123 e. The van der Waals surface area contributed by atoms with Gasteiger partial charge in [0.25, 0.3) is 0 Å². The van der Waals surface area contributed by atoms with Crippen LogP contribution in [0.1, 0.15) is 52.2 Å². The predicted octanol–water partition coefficient (Wildman–Crippen LogP) is 3.81. The lowest BCUT2D eigenvalue weighted by Gasteiger charge is -2.27. The number of rotatable bonds is 9. The van der Waals surface area contributed by atoms with Crippen LogP contribution in [0.3, 0.4) is 0 Å². The van der Waals surface area contributed by atoms with Crippen LogP contribution in [0.25, 0.3) is 0 Å². The summed E-state index contributed by atoms with van der Waals surface area (Å²) in [7, 11) is 1.75. The molecule has 120 valence electrons. The maximum atomic E-state index is 5.54. The van der Waals surface area contributed by atoms with Crippen LogP contribution in [-0.2, 0) is 13.1 Å². The first kappa shape index (κ1) is 18.0. The van der Waals surface area contributed by atoms with E-state index < -0.39 is 0 Å². The second kappa shape index (κ2) is 9.06. The van der Waals surface area contributed by atoms with E-state index in [1.54, 1.807) is 7.11 Å². The third-order valence-corrected chi connectivity index (χ3v) is 3.67. The van der Waals surface area contributed by atoms with Gasteiger partial charge < -0.3 is 10.1 Å². The van der Waals surface area contributed by atoms with E-state index in [-0.39, 0.29) is 0 Å². The lowest BCUT2D eigenvalue weighted by atomic mass is 10.1. The third kappa shape index (κ3) is 6.06. The molecule has 0 aliphatic carbocycles. The highest BCUT2D eigenvalue weighted by molar-refractivity contribution is 5.37. The first-order valence-corrected chi connectivity index (χ1v) is 8.11. The molecule has 0 aliphatic rings. The maximum absolute atomic E-state index is 5.54. The van der Waals surface area contributed by atoms with E-state index in [9.17, 15) is 0 Å². The minimum Gasteiger partial charge on any atom is -0.496 e. The molecule has 0 aromatic heterocycles. The van der Waals surface area contributed by atoms with Crippen LogP contribution in [0, 0.1) is 0 Å². The summed E-state index contributed by atoms with van der Waals surface area (Å²) in [6.45, 7) is 14.1. The number of ether oxygens (including phenoxy) is 1. The van der Waals surface area contributed by atoms with Crippen molar-refractivity contribution in [1.29, 1.82) is 0 Å². The summed E-state index contributed by atoms with van der Waals surface area (Å²) in [5, 5.41) is 3.47. The molecule has 0 bridgehead atoms. The molecule has 1 rings (SSSR count). The minimum absolute atomic E-state index is 0.503. The van der Waals surface area contributed by atoms with Crippen LogP contribution >= 0.6 is 0 Å². The first-order valence-electron chi connectivity index (χ1n) is 8.11. The smallest absolute Gasteiger partial charge is 0.123 e. The monoisotopic (exact) mass is 292 g/mol. The number of nitrogens with zero attached hydrogens (tertiary/aromatic N) is 1. The van der Waals surface area contributed by atoms with E-state index in [1.165, 1.54) is 17.5 Å². The van der Waals surface area contributed by atoms with Crippen molar-refractivity contribution in [2.45, 2.75) is 66.2 Å². The molecule has 1 N–H and O–H groups in total. The Hall–Kier alpha value is -1.06. The molecule has 0 atom stereocenters. The number of benzene rings is 1. The number of methoxy groups -OCH3 is 1. The van der Waals surface area contributed by atoms with Crippen molar-refractivity contribution >= 4 is 0 Å². The first-order chi connectivity index (χ1) is 9.97. The van der Waals surface area contributed by atoms with Crippen LogP contribution in [0.4, 0.5) is 0 Å². The zero-order chi connectivity index (χ0) is 15.8. The molecule has 0 amide bonds. The average Bonchev–Trinajstić information content (AvgIpc) is 2.44. The van der Waals surface area contributed by atoms with E-state index >= 15 is 0 Å². The van der Waals surface area contributed by atoms with Crippen molar-refractivity contribution in [3.8, 4) is 5.75 Å². The van der Waals surface area contributed by atoms with Gasteiger partial charge >= 0.3 is 0 Å². The van der Waals surface area contributed by atoms with Crippen LogP contribution in [0.2, 0.25) is 0 Å². The molecule has 0 radical (unpaired) electrons. The molecule has 0 aliphatic heterocycles. The minimum atomic E-state index is 0.503. The summed E-state index contributed by atoms with van der Waals surface area (Å²) in [4.78, 5) is 2.50. The van der Waals surface area contributed by atoms with Gasteiger partial charge in [-0.05, 0) is 44.5 Å². The molecular weight excluding hydrogens is 260 g/mol. The summed E-state index contributed by atoms with van der Waals surface area (Å²) >= 11 is 0. The fourth-order valence-electron chi connectivity index (χ4n) is 2.41. The lowest BCUT2D eigenvalue weighted by molar-refractivity contribution is 0.210. The molecule has 1 aromatic carbocycles. The van der Waals surface area contributed by atoms with Gasteiger partial charge in [0, 0.05) is 30.7 Å². The lowest BCUT2D eigenvalue weighted by Crippen LogP contribution is -2.31. The topological polar surface area (TPSA) is 24.5 Å². The Morgan fingerprint density at radius 3 is 2.43 bits per heavy atom. The van der Waals surface area contributed by atoms with Crippen molar-refractivity contribution in [2.75, 3.05) is 13.7 Å². The van der Waals surface area contributed by atoms with E-state index in [4.69, 9.17) is 4.74 Å². The van der Waals surface area contributed by atoms with Crippen molar-refractivity contribution < 1.29 is 4.74 Å². The van der Waals surface area contributed by atoms with Crippen molar-refractivity contribution in [2.24, 2.45) is 0 Å². The summed E-state index contributed by atoms with van der Waals surface area (Å²) in [5.74, 6) is 0.991. The van der Waals surface area contributed by atoms with Gasteiger partial charge in [-0.2, -0.15) is 0 Å². The highest BCUT2D eigenvalue weighted by Crippen LogP contribution is 2.22. The molecule has 0 unspecified atom stereocenters. The Balaban J connectivity index is 2.88. The van der Waals surface area contributed by atoms with Gasteiger partial charge in [-0.1, -0.05) is 26.8 Å². The van der Waals surface area contributed by atoms with Crippen LogP contribution in [0.5, 0.6) is 5.75 Å². The summed E-state index contributed by atoms with van der Waals surface area (Å²) in [6, 6.07) is 7.57. The molecule has 0 fully saturated rings. The second-order valence-electron chi connectivity index (χ2n) is 6.25. The molecule has 3 heteroatoms. The average molecular weight is 292 g/mol. The van der Waals surface area contributed by atoms with Crippen molar-refractivity contribution in [3.63, 3.8) is 0 Å². The highest BCUT2D eigenvalue weighted by Gasteiger charge is 2.13. The van der Waals surface area contributed by atoms with Gasteiger partial charge in [-0.25, -0.2) is 0 Å². The Bertz CT molecular complexity index is 416. The quantitative estimate of drug-likeness (QED) is 0.749. The summed E-state index contributed by atoms with van der Waals surface area (Å²) in [5.41, 5.74) is 2.60. The van der Waals surface area contributed by atoms with Crippen LogP contribution in [-0.4, -0.2) is 30.6 Å². The second-order valence-corrected chi connectivity index (χ2v) is 6.25. The van der Waals surface area contributed by atoms with Gasteiger partial charge in [-0.15, -0.1) is 0 Å². The van der Waals surface area contributed by atoms with Gasteiger partial charge in [0.15, 0.2) is 0 Å². The zero-order valence-electron chi connectivity index (χ0n) is 14.6. The van der Waals surface area contributed by atoms with Crippen LogP contribution in [0.15, 0.2) is 18.2 Å². The highest BCUT2D eigenvalue weighted by atomic mass is 16.5. The molecule has 0 saturated carbocycles. The Morgan fingerprint density at radius 1 is 1.19 bits per heavy atom. The van der Waals surface area contributed by atoms with E-state index in [0.29, 0.717) is 12.1 Å². The molecule has 21 heavy (non-hydrogen) atoms. The molecule has 0 heterocycles. The molecule has 0 spiro atoms. The number of hydrogen-bond acceptors (Lipinski definition) is 3. The number of nitrogens with one attached hydrogen (secondary N) is 1. The normalized spacial score (nSPS) is 11.7. The van der Waals surface area contributed by atoms with Gasteiger partial charge in [0.2, 0.25) is 0 Å². The molecule has 0 saturated heterocycles. The van der Waals surface area contributed by atoms with Crippen molar-refractivity contribution in [3.05, 3.63) is 29.3 Å². The van der Waals surface area contributed by atoms with Gasteiger partial charge in [0.1, 0.15) is 5.75 Å². The summed E-state index contributed by atoms with van der Waals surface area (Å²) < 4.78 is 5.54. The van der Waals surface area contributed by atoms with E-state index in [2.05, 4.69) is 63.0 Å². The zero-order valence-corrected chi connectivity index (χ0v) is 14.6. The predicted molar refractivity (Wildman–Crippen MR) is 90.8 cm³/mol. The summed E-state index contributed by atoms with van der Waals surface area (Å²) in [6.07, 6.45) is 1.18. The molecule has 3 nitrogen and oxygen atoms in total. The van der Waals surface area contributed by atoms with Gasteiger partial charge in [-0.3, -0.25) is 4.90 Å². The molecule has 1 aromatic rings. The Morgan fingerprint density at radius 2 is 1.90 bits per heavy atom. The van der Waals surface area contributed by atoms with Crippen molar-refractivity contribution in [1.82, 2.24) is 10.2 Å². The van der Waals surface area contributed by atoms with Crippen LogP contribution < -0.4 is 10.1 Å². The Kier molecular flexibility index (Phi) is 7.76. The van der Waals surface area contributed by atoms with Gasteiger partial charge in [0.05, 0.1) is 7.11 Å². The Labute approximate surface area is 130 Å². The SMILES string of the molecule is CCCN(Cc1cc(CNC(C)C)ccc1OC)C(C)C. The number of hydrogen-bond donors (Lipinski definition) is 1. The van der Waals surface area contributed by atoms with E-state index in [0.717, 1.165) is 25.4 Å². The largest absolute Gasteiger partial charge is 0.496 e. The van der Waals surface area contributed by atoms with E-state index in [1.807, 2.05) is 0 Å².